The summed E-state index contributed by atoms with van der Waals surface area (Å²) in [5.74, 6) is -0.165. The van der Waals surface area contributed by atoms with E-state index in [0.717, 1.165) is 29.0 Å². The largest absolute Gasteiger partial charge is 0.325 e. The topological polar surface area (TPSA) is 84.3 Å². The second-order valence-corrected chi connectivity index (χ2v) is 10.6. The molecule has 1 aliphatic heterocycles. The number of hydrogen-bond acceptors (Lipinski definition) is 5. The molecule has 1 aromatic heterocycles. The first-order chi connectivity index (χ1) is 14.4. The van der Waals surface area contributed by atoms with Gasteiger partial charge in [0.25, 0.3) is 0 Å². The normalized spacial score (nSPS) is 16.1. The monoisotopic (exact) mass is 444 g/mol. The quantitative estimate of drug-likeness (QED) is 0.589. The molecule has 7 nitrogen and oxygen atoms in total. The Balaban J connectivity index is 1.42. The van der Waals surface area contributed by atoms with Crippen LogP contribution >= 0.6 is 11.8 Å². The highest BCUT2D eigenvalue weighted by Gasteiger charge is 2.27. The van der Waals surface area contributed by atoms with E-state index in [4.69, 9.17) is 0 Å². The average Bonchev–Trinajstić information content (AvgIpc) is 3.38. The molecule has 1 fully saturated rings. The number of nitrogens with one attached hydrogen (secondary N) is 1. The Morgan fingerprint density at radius 3 is 2.43 bits per heavy atom. The van der Waals surface area contributed by atoms with Crippen molar-refractivity contribution in [3.8, 4) is 0 Å². The van der Waals surface area contributed by atoms with Gasteiger partial charge in [0.15, 0.2) is 5.16 Å². The number of nitrogens with zero attached hydrogens (tertiary/aromatic N) is 3. The number of aryl methyl sites for hydroxylation is 1. The SMILES string of the molecule is CC(Sc1nc2ccccc2n1C)C(=O)Nc1ccc(S(=O)(=O)N2CCCC2)cc1. The Hall–Kier alpha value is -2.36. The lowest BCUT2D eigenvalue weighted by Gasteiger charge is -2.16. The maximum atomic E-state index is 12.6. The zero-order valence-electron chi connectivity index (χ0n) is 16.9. The van der Waals surface area contributed by atoms with Gasteiger partial charge in [-0.15, -0.1) is 0 Å². The van der Waals surface area contributed by atoms with Gasteiger partial charge in [-0.25, -0.2) is 13.4 Å². The second-order valence-electron chi connectivity index (χ2n) is 7.33. The van der Waals surface area contributed by atoms with Gasteiger partial charge in [-0.05, 0) is 56.2 Å². The molecule has 1 atom stereocenters. The molecule has 158 valence electrons. The van der Waals surface area contributed by atoms with Gasteiger partial charge < -0.3 is 9.88 Å². The minimum absolute atomic E-state index is 0.165. The fourth-order valence-electron chi connectivity index (χ4n) is 3.47. The number of thioether (sulfide) groups is 1. The minimum atomic E-state index is -3.45. The third-order valence-electron chi connectivity index (χ3n) is 5.22. The first kappa shape index (κ1) is 20.9. The van der Waals surface area contributed by atoms with Crippen molar-refractivity contribution >= 4 is 44.4 Å². The highest BCUT2D eigenvalue weighted by Crippen LogP contribution is 2.27. The predicted molar refractivity (Wildman–Crippen MR) is 119 cm³/mol. The summed E-state index contributed by atoms with van der Waals surface area (Å²) in [4.78, 5) is 17.5. The summed E-state index contributed by atoms with van der Waals surface area (Å²) < 4.78 is 28.7. The zero-order valence-corrected chi connectivity index (χ0v) is 18.5. The van der Waals surface area contributed by atoms with Crippen LogP contribution in [0.3, 0.4) is 0 Å². The first-order valence-electron chi connectivity index (χ1n) is 9.85. The lowest BCUT2D eigenvalue weighted by Crippen LogP contribution is -2.27. The number of fused-ring (bicyclic) bond motifs is 1. The Morgan fingerprint density at radius 2 is 1.77 bits per heavy atom. The van der Waals surface area contributed by atoms with Crippen molar-refractivity contribution in [2.45, 2.75) is 35.1 Å². The smallest absolute Gasteiger partial charge is 0.243 e. The molecule has 0 aliphatic carbocycles. The van der Waals surface area contributed by atoms with Crippen LogP contribution < -0.4 is 5.32 Å². The number of imidazole rings is 1. The summed E-state index contributed by atoms with van der Waals surface area (Å²) in [7, 11) is -1.52. The highest BCUT2D eigenvalue weighted by atomic mass is 32.2. The van der Waals surface area contributed by atoms with Crippen molar-refractivity contribution in [3.05, 3.63) is 48.5 Å². The van der Waals surface area contributed by atoms with Crippen LogP contribution in [0.25, 0.3) is 11.0 Å². The van der Waals surface area contributed by atoms with E-state index in [0.29, 0.717) is 18.8 Å². The predicted octanol–water partition coefficient (Wildman–Crippen LogP) is 3.48. The van der Waals surface area contributed by atoms with Crippen LogP contribution in [0.1, 0.15) is 19.8 Å². The number of para-hydroxylation sites is 2. The van der Waals surface area contributed by atoms with E-state index in [2.05, 4.69) is 10.3 Å². The van der Waals surface area contributed by atoms with Crippen LogP contribution in [0.2, 0.25) is 0 Å². The van der Waals surface area contributed by atoms with Crippen LogP contribution in [0, 0.1) is 0 Å². The maximum absolute atomic E-state index is 12.6. The highest BCUT2D eigenvalue weighted by molar-refractivity contribution is 8.00. The Labute approximate surface area is 180 Å². The molecular weight excluding hydrogens is 420 g/mol. The van der Waals surface area contributed by atoms with E-state index in [9.17, 15) is 13.2 Å². The van der Waals surface area contributed by atoms with E-state index in [1.54, 1.807) is 24.3 Å². The number of aromatic nitrogens is 2. The zero-order chi connectivity index (χ0) is 21.3. The van der Waals surface area contributed by atoms with Crippen molar-refractivity contribution in [2.24, 2.45) is 7.05 Å². The average molecular weight is 445 g/mol. The Kier molecular flexibility index (Phi) is 5.86. The van der Waals surface area contributed by atoms with Crippen molar-refractivity contribution in [2.75, 3.05) is 18.4 Å². The molecule has 1 aliphatic rings. The summed E-state index contributed by atoms with van der Waals surface area (Å²) in [6, 6.07) is 14.2. The molecule has 0 saturated carbocycles. The number of hydrogen-bond donors (Lipinski definition) is 1. The number of rotatable bonds is 6. The number of anilines is 1. The lowest BCUT2D eigenvalue weighted by atomic mass is 10.3. The van der Waals surface area contributed by atoms with Crippen LogP contribution in [0.4, 0.5) is 5.69 Å². The molecule has 0 spiro atoms. The molecule has 3 aromatic rings. The number of amides is 1. The second kappa shape index (κ2) is 8.41. The fourth-order valence-corrected chi connectivity index (χ4v) is 5.88. The summed E-state index contributed by atoms with van der Waals surface area (Å²) in [6.45, 7) is 2.96. The molecular formula is C21H24N4O3S2. The first-order valence-corrected chi connectivity index (χ1v) is 12.2. The van der Waals surface area contributed by atoms with Gasteiger partial charge in [0.2, 0.25) is 15.9 Å². The van der Waals surface area contributed by atoms with Gasteiger partial charge >= 0.3 is 0 Å². The van der Waals surface area contributed by atoms with Gasteiger partial charge in [-0.3, -0.25) is 4.79 Å². The summed E-state index contributed by atoms with van der Waals surface area (Å²) in [5, 5.41) is 3.26. The summed E-state index contributed by atoms with van der Waals surface area (Å²) in [6.07, 6.45) is 1.79. The molecule has 1 amide bonds. The minimum Gasteiger partial charge on any atom is -0.325 e. The molecule has 1 unspecified atom stereocenters. The maximum Gasteiger partial charge on any atom is 0.243 e. The van der Waals surface area contributed by atoms with Gasteiger partial charge in [0, 0.05) is 25.8 Å². The molecule has 2 aromatic carbocycles. The third kappa shape index (κ3) is 4.10. The van der Waals surface area contributed by atoms with Crippen molar-refractivity contribution in [1.29, 1.82) is 0 Å². The number of carbonyl (C=O) groups excluding carboxylic acids is 1. The van der Waals surface area contributed by atoms with Gasteiger partial charge in [0.1, 0.15) is 0 Å². The summed E-state index contributed by atoms with van der Waals surface area (Å²) >= 11 is 1.38. The van der Waals surface area contributed by atoms with Crippen molar-refractivity contribution in [1.82, 2.24) is 13.9 Å². The molecule has 1 N–H and O–H groups in total. The van der Waals surface area contributed by atoms with E-state index in [1.165, 1.54) is 16.1 Å². The molecule has 4 rings (SSSR count). The van der Waals surface area contributed by atoms with Crippen LogP contribution in [-0.4, -0.2) is 46.5 Å². The molecule has 9 heteroatoms. The van der Waals surface area contributed by atoms with Crippen molar-refractivity contribution in [3.63, 3.8) is 0 Å². The molecule has 0 radical (unpaired) electrons. The Morgan fingerprint density at radius 1 is 1.10 bits per heavy atom. The van der Waals surface area contributed by atoms with Gasteiger partial charge in [0.05, 0.1) is 21.2 Å². The van der Waals surface area contributed by atoms with Crippen LogP contribution in [0.15, 0.2) is 58.6 Å². The molecule has 0 bridgehead atoms. The molecule has 2 heterocycles. The molecule has 1 saturated heterocycles. The van der Waals surface area contributed by atoms with Gasteiger partial charge in [-0.2, -0.15) is 4.31 Å². The number of carbonyl (C=O) groups is 1. The number of sulfonamides is 1. The van der Waals surface area contributed by atoms with Crippen molar-refractivity contribution < 1.29 is 13.2 Å². The summed E-state index contributed by atoms with van der Waals surface area (Å²) in [5.41, 5.74) is 2.48. The van der Waals surface area contributed by atoms with Gasteiger partial charge in [-0.1, -0.05) is 23.9 Å². The van der Waals surface area contributed by atoms with E-state index in [-0.39, 0.29) is 16.1 Å². The molecule has 30 heavy (non-hydrogen) atoms. The van der Waals surface area contributed by atoms with E-state index < -0.39 is 10.0 Å². The fraction of sp³-hybridized carbons (Fsp3) is 0.333. The Bertz CT molecular complexity index is 1170. The van der Waals surface area contributed by atoms with E-state index in [1.807, 2.05) is 42.8 Å². The van der Waals surface area contributed by atoms with Crippen LogP contribution in [0.5, 0.6) is 0 Å². The number of benzene rings is 2. The lowest BCUT2D eigenvalue weighted by molar-refractivity contribution is -0.115. The van der Waals surface area contributed by atoms with E-state index >= 15 is 0 Å². The van der Waals surface area contributed by atoms with Crippen LogP contribution in [-0.2, 0) is 21.9 Å². The standard InChI is InChI=1S/C21H24N4O3S2/c1-15(29-21-23-18-7-3-4-8-19(18)24(21)2)20(26)22-16-9-11-17(12-10-16)30(27,28)25-13-5-6-14-25/h3-4,7-12,15H,5-6,13-14H2,1-2H3,(H,22,26). The third-order valence-corrected chi connectivity index (χ3v) is 8.28.